The first-order valence-electron chi connectivity index (χ1n) is 8.14. The van der Waals surface area contributed by atoms with Crippen LogP contribution in [0, 0.1) is 6.92 Å². The third-order valence-corrected chi connectivity index (χ3v) is 4.57. The van der Waals surface area contributed by atoms with Crippen LogP contribution in [0.15, 0.2) is 84.7 Å². The molecule has 2 rings (SSSR count). The first kappa shape index (κ1) is 19.7. The van der Waals surface area contributed by atoms with Gasteiger partial charge in [0.2, 0.25) is 0 Å². The predicted octanol–water partition coefficient (Wildman–Crippen LogP) is 5.73. The quantitative estimate of drug-likeness (QED) is 0.611. The molecule has 0 aliphatic carbocycles. The Bertz CT molecular complexity index is 868. The lowest BCUT2D eigenvalue weighted by molar-refractivity contribution is 0.652. The summed E-state index contributed by atoms with van der Waals surface area (Å²) in [5.74, 6) is 0. The Kier molecular flexibility index (Phi) is 7.36. The van der Waals surface area contributed by atoms with Crippen molar-refractivity contribution in [3.63, 3.8) is 0 Å². The van der Waals surface area contributed by atoms with E-state index in [0.717, 1.165) is 28.0 Å². The minimum absolute atomic E-state index is 0.166. The lowest BCUT2D eigenvalue weighted by Gasteiger charge is -2.09. The minimum Gasteiger partial charge on any atom is -0.261 e. The highest BCUT2D eigenvalue weighted by molar-refractivity contribution is 7.94. The van der Waals surface area contributed by atoms with Crippen molar-refractivity contribution in [2.75, 3.05) is 0 Å². The summed E-state index contributed by atoms with van der Waals surface area (Å²) < 4.78 is 15.3. The molecule has 0 atom stereocenters. The van der Waals surface area contributed by atoms with Crippen molar-refractivity contribution in [1.82, 2.24) is 14.8 Å². The Hall–Kier alpha value is -2.66. The van der Waals surface area contributed by atoms with Gasteiger partial charge in [0, 0.05) is 36.5 Å². The monoisotopic (exact) mass is 367 g/mol. The van der Waals surface area contributed by atoms with Crippen LogP contribution in [-0.4, -0.2) is 14.8 Å². The van der Waals surface area contributed by atoms with Crippen molar-refractivity contribution in [1.29, 1.82) is 0 Å². The summed E-state index contributed by atoms with van der Waals surface area (Å²) in [5, 5.41) is 4.80. The van der Waals surface area contributed by atoms with Crippen LogP contribution in [0.3, 0.4) is 0 Å². The number of allylic oxidation sites excluding steroid dienone is 4. The SMILES string of the molecule is C=C/C=C(\C=C)Cc1c(C)ncc(-c2ccccc2)cnn(C)c1SF. The fraction of sp³-hybridized carbons (Fsp3) is 0.143. The van der Waals surface area contributed by atoms with Gasteiger partial charge in [0.15, 0.2) is 0 Å². The number of halogens is 1. The smallest absolute Gasteiger partial charge is 0.130 e. The molecular weight excluding hydrogens is 345 g/mol. The molecular formula is C21H22FN3S. The van der Waals surface area contributed by atoms with Gasteiger partial charge in [-0.1, -0.05) is 61.7 Å². The van der Waals surface area contributed by atoms with E-state index in [1.165, 1.54) is 4.68 Å². The van der Waals surface area contributed by atoms with Crippen LogP contribution in [0.4, 0.5) is 3.89 Å². The summed E-state index contributed by atoms with van der Waals surface area (Å²) in [5.41, 5.74) is 4.27. The van der Waals surface area contributed by atoms with Crippen LogP contribution in [0.5, 0.6) is 0 Å². The molecule has 1 aromatic heterocycles. The van der Waals surface area contributed by atoms with Gasteiger partial charge in [0.05, 0.1) is 6.20 Å². The van der Waals surface area contributed by atoms with Crippen molar-refractivity contribution in [2.45, 2.75) is 18.4 Å². The molecule has 1 heterocycles. The third-order valence-electron chi connectivity index (χ3n) is 3.91. The minimum atomic E-state index is 0.166. The summed E-state index contributed by atoms with van der Waals surface area (Å²) in [6, 6.07) is 9.85. The highest BCUT2D eigenvalue weighted by atomic mass is 32.2. The van der Waals surface area contributed by atoms with Gasteiger partial charge in [-0.15, -0.1) is 0 Å². The van der Waals surface area contributed by atoms with Crippen molar-refractivity contribution >= 4 is 12.1 Å². The number of aryl methyl sites for hydroxylation is 2. The number of rotatable bonds is 6. The molecule has 2 aromatic rings. The summed E-state index contributed by atoms with van der Waals surface area (Å²) in [4.78, 5) is 4.57. The van der Waals surface area contributed by atoms with Gasteiger partial charge >= 0.3 is 0 Å². The van der Waals surface area contributed by atoms with Gasteiger partial charge < -0.3 is 0 Å². The summed E-state index contributed by atoms with van der Waals surface area (Å²) in [6.07, 6.45) is 9.23. The topological polar surface area (TPSA) is 30.7 Å². The highest BCUT2D eigenvalue weighted by Crippen LogP contribution is 2.26. The molecule has 134 valence electrons. The van der Waals surface area contributed by atoms with E-state index in [9.17, 15) is 3.89 Å². The fourth-order valence-corrected chi connectivity index (χ4v) is 2.92. The van der Waals surface area contributed by atoms with Crippen LogP contribution in [0.1, 0.15) is 11.3 Å². The standard InChI is InChI=1S/C21H22FN3S/c1-5-10-17(6-2)13-20-16(3)23-14-19(18-11-8-7-9-12-18)15-24-25(4)21(20)26-22/h5-12,14-15H,1-2,13H2,3-4H3/b17-10+,19-14?,21-20?,23-16?,24-15?. The molecule has 0 aliphatic heterocycles. The average molecular weight is 367 g/mol. The number of aromatic nitrogens is 3. The third kappa shape index (κ3) is 4.92. The van der Waals surface area contributed by atoms with Crippen molar-refractivity contribution in [2.24, 2.45) is 7.05 Å². The zero-order valence-electron chi connectivity index (χ0n) is 15.0. The Morgan fingerprint density at radius 2 is 1.92 bits per heavy atom. The molecule has 0 fully saturated rings. The molecule has 0 spiro atoms. The lowest BCUT2D eigenvalue weighted by Crippen LogP contribution is -2.03. The van der Waals surface area contributed by atoms with Crippen molar-refractivity contribution in [3.8, 4) is 11.1 Å². The molecule has 0 radical (unpaired) electrons. The van der Waals surface area contributed by atoms with E-state index in [4.69, 9.17) is 0 Å². The van der Waals surface area contributed by atoms with Crippen molar-refractivity contribution < 1.29 is 3.89 Å². The number of benzene rings is 1. The van der Waals surface area contributed by atoms with E-state index in [0.29, 0.717) is 11.4 Å². The van der Waals surface area contributed by atoms with Crippen LogP contribution in [-0.2, 0) is 13.5 Å². The molecule has 0 aliphatic rings. The van der Waals surface area contributed by atoms with Gasteiger partial charge in [-0.05, 0) is 18.1 Å². The molecule has 0 bridgehead atoms. The second kappa shape index (κ2) is 9.73. The largest absolute Gasteiger partial charge is 0.261 e. The maximum Gasteiger partial charge on any atom is 0.130 e. The van der Waals surface area contributed by atoms with E-state index >= 15 is 0 Å². The molecule has 0 N–H and O–H groups in total. The van der Waals surface area contributed by atoms with E-state index in [1.54, 1.807) is 31.6 Å². The zero-order valence-corrected chi connectivity index (χ0v) is 15.8. The van der Waals surface area contributed by atoms with Crippen molar-refractivity contribution in [3.05, 3.63) is 90.9 Å². The summed E-state index contributed by atoms with van der Waals surface area (Å²) in [7, 11) is 1.73. The first-order valence-corrected chi connectivity index (χ1v) is 8.86. The number of nitrogens with zero attached hydrogens (tertiary/aromatic N) is 3. The fourth-order valence-electron chi connectivity index (χ4n) is 2.46. The molecule has 0 unspecified atom stereocenters. The van der Waals surface area contributed by atoms with Crippen LogP contribution >= 0.6 is 12.1 Å². The first-order chi connectivity index (χ1) is 12.6. The van der Waals surface area contributed by atoms with E-state index in [1.807, 2.05) is 43.3 Å². The maximum absolute atomic E-state index is 13.8. The molecule has 3 nitrogen and oxygen atoms in total. The van der Waals surface area contributed by atoms with E-state index in [2.05, 4.69) is 23.2 Å². The molecule has 0 saturated heterocycles. The second-order valence-corrected chi connectivity index (χ2v) is 6.19. The van der Waals surface area contributed by atoms with Gasteiger partial charge in [-0.2, -0.15) is 8.98 Å². The lowest BCUT2D eigenvalue weighted by atomic mass is 10.1. The maximum atomic E-state index is 13.8. The summed E-state index contributed by atoms with van der Waals surface area (Å²) >= 11 is 0.166. The molecule has 0 amide bonds. The second-order valence-electron chi connectivity index (χ2n) is 5.65. The highest BCUT2D eigenvalue weighted by Gasteiger charge is 2.11. The Morgan fingerprint density at radius 1 is 1.19 bits per heavy atom. The van der Waals surface area contributed by atoms with E-state index < -0.39 is 0 Å². The number of hydrogen-bond acceptors (Lipinski definition) is 3. The summed E-state index contributed by atoms with van der Waals surface area (Å²) in [6.45, 7) is 9.41. The predicted molar refractivity (Wildman–Crippen MR) is 108 cm³/mol. The van der Waals surface area contributed by atoms with Gasteiger partial charge in [0.1, 0.15) is 17.2 Å². The van der Waals surface area contributed by atoms with Gasteiger partial charge in [-0.3, -0.25) is 9.67 Å². The zero-order chi connectivity index (χ0) is 18.9. The van der Waals surface area contributed by atoms with Gasteiger partial charge in [-0.25, -0.2) is 0 Å². The molecule has 26 heavy (non-hydrogen) atoms. The normalized spacial score (nSPS) is 11.0. The Labute approximate surface area is 158 Å². The Balaban J connectivity index is 2.70. The van der Waals surface area contributed by atoms with Crippen LogP contribution in [0.2, 0.25) is 0 Å². The van der Waals surface area contributed by atoms with Gasteiger partial charge in [0.25, 0.3) is 0 Å². The number of hydrogen-bond donors (Lipinski definition) is 0. The molecule has 5 heteroatoms. The Morgan fingerprint density at radius 3 is 2.54 bits per heavy atom. The average Bonchev–Trinajstić information content (AvgIpc) is 2.72. The molecule has 1 aromatic carbocycles. The van der Waals surface area contributed by atoms with Crippen LogP contribution < -0.4 is 0 Å². The van der Waals surface area contributed by atoms with Crippen LogP contribution in [0.25, 0.3) is 11.1 Å². The van der Waals surface area contributed by atoms with E-state index in [-0.39, 0.29) is 12.1 Å². The molecule has 0 saturated carbocycles.